The van der Waals surface area contributed by atoms with Crippen LogP contribution in [0.1, 0.15) is 17.5 Å². The normalized spacial score (nSPS) is 15.0. The average Bonchev–Trinajstić information content (AvgIpc) is 2.67. The van der Waals surface area contributed by atoms with E-state index in [0.29, 0.717) is 13.2 Å². The molecule has 2 heterocycles. The summed E-state index contributed by atoms with van der Waals surface area (Å²) in [5.74, 6) is 2.74. The molecule has 4 nitrogen and oxygen atoms in total. The summed E-state index contributed by atoms with van der Waals surface area (Å²) in [5.41, 5.74) is 1.99. The maximum atomic E-state index is 12.0. The van der Waals surface area contributed by atoms with Gasteiger partial charge in [0.05, 0.1) is 0 Å². The number of aromatic nitrogens is 1. The Kier molecular flexibility index (Phi) is 6.43. The molecule has 0 radical (unpaired) electrons. The predicted molar refractivity (Wildman–Crippen MR) is 98.1 cm³/mol. The van der Waals surface area contributed by atoms with E-state index in [9.17, 15) is 4.79 Å². The third-order valence-corrected chi connectivity index (χ3v) is 6.31. The van der Waals surface area contributed by atoms with E-state index < -0.39 is 0 Å². The van der Waals surface area contributed by atoms with Crippen molar-refractivity contribution in [2.75, 3.05) is 11.5 Å². The van der Waals surface area contributed by atoms with Gasteiger partial charge >= 0.3 is 5.97 Å². The van der Waals surface area contributed by atoms with Gasteiger partial charge in [0, 0.05) is 18.0 Å². The van der Waals surface area contributed by atoms with Gasteiger partial charge in [-0.1, -0.05) is 18.2 Å². The molecule has 126 valence electrons. The number of ether oxygens (including phenoxy) is 2. The van der Waals surface area contributed by atoms with Gasteiger partial charge in [-0.25, -0.2) is 4.79 Å². The third kappa shape index (κ3) is 5.18. The molecular weight excluding hydrogens is 342 g/mol. The number of hydrogen-bond acceptors (Lipinski definition) is 6. The SMILES string of the molecule is O=C(OCc1ccc(OCc2cccnc2)cc1)C1SCCCS1. The largest absolute Gasteiger partial charge is 0.489 e. The van der Waals surface area contributed by atoms with Crippen LogP contribution in [-0.4, -0.2) is 27.0 Å². The number of carbonyl (C=O) groups is 1. The van der Waals surface area contributed by atoms with Crippen molar-refractivity contribution in [3.8, 4) is 5.75 Å². The minimum absolute atomic E-state index is 0.0687. The monoisotopic (exact) mass is 361 g/mol. The minimum atomic E-state index is -0.124. The van der Waals surface area contributed by atoms with Crippen LogP contribution in [0.2, 0.25) is 0 Å². The molecule has 1 fully saturated rings. The van der Waals surface area contributed by atoms with E-state index in [0.717, 1.165) is 28.4 Å². The summed E-state index contributed by atoms with van der Waals surface area (Å²) in [5, 5.41) is 0. The zero-order valence-electron chi connectivity index (χ0n) is 13.2. The number of rotatable bonds is 6. The first-order chi connectivity index (χ1) is 11.8. The summed E-state index contributed by atoms with van der Waals surface area (Å²) in [6, 6.07) is 11.5. The van der Waals surface area contributed by atoms with Gasteiger partial charge in [-0.05, 0) is 41.7 Å². The van der Waals surface area contributed by atoms with Gasteiger partial charge in [0.25, 0.3) is 0 Å². The van der Waals surface area contributed by atoms with Crippen molar-refractivity contribution in [3.05, 3.63) is 59.9 Å². The van der Waals surface area contributed by atoms with Gasteiger partial charge in [-0.3, -0.25) is 4.98 Å². The van der Waals surface area contributed by atoms with Crippen LogP contribution in [0.4, 0.5) is 0 Å². The van der Waals surface area contributed by atoms with E-state index in [4.69, 9.17) is 9.47 Å². The Hall–Kier alpha value is -1.66. The lowest BCUT2D eigenvalue weighted by Crippen LogP contribution is -2.20. The number of carbonyl (C=O) groups excluding carboxylic acids is 1. The Labute approximate surface area is 150 Å². The fraction of sp³-hybridized carbons (Fsp3) is 0.333. The van der Waals surface area contributed by atoms with E-state index >= 15 is 0 Å². The van der Waals surface area contributed by atoms with Crippen molar-refractivity contribution >= 4 is 29.5 Å². The zero-order chi connectivity index (χ0) is 16.6. The van der Waals surface area contributed by atoms with Crippen molar-refractivity contribution in [1.82, 2.24) is 4.98 Å². The minimum Gasteiger partial charge on any atom is -0.489 e. The number of hydrogen-bond donors (Lipinski definition) is 0. The first-order valence-corrected chi connectivity index (χ1v) is 9.91. The summed E-state index contributed by atoms with van der Waals surface area (Å²) >= 11 is 3.35. The molecule has 0 bridgehead atoms. The van der Waals surface area contributed by atoms with Crippen molar-refractivity contribution in [1.29, 1.82) is 0 Å². The second-order valence-corrected chi connectivity index (χ2v) is 8.05. The fourth-order valence-corrected chi connectivity index (χ4v) is 4.78. The second-order valence-electron chi connectivity index (χ2n) is 5.33. The van der Waals surface area contributed by atoms with Crippen LogP contribution in [0.5, 0.6) is 5.75 Å². The number of nitrogens with zero attached hydrogens (tertiary/aromatic N) is 1. The van der Waals surface area contributed by atoms with E-state index in [-0.39, 0.29) is 10.6 Å². The summed E-state index contributed by atoms with van der Waals surface area (Å²) < 4.78 is 11.1. The highest BCUT2D eigenvalue weighted by atomic mass is 32.2. The topological polar surface area (TPSA) is 48.4 Å². The smallest absolute Gasteiger partial charge is 0.329 e. The zero-order valence-corrected chi connectivity index (χ0v) is 14.9. The van der Waals surface area contributed by atoms with Crippen LogP contribution >= 0.6 is 23.5 Å². The van der Waals surface area contributed by atoms with Crippen LogP contribution in [0, 0.1) is 0 Å². The number of esters is 1. The van der Waals surface area contributed by atoms with Crippen molar-refractivity contribution in [3.63, 3.8) is 0 Å². The van der Waals surface area contributed by atoms with Gasteiger partial charge in [-0.15, -0.1) is 23.5 Å². The number of benzene rings is 1. The number of pyridine rings is 1. The first kappa shape index (κ1) is 17.2. The Morgan fingerprint density at radius 3 is 2.58 bits per heavy atom. The molecule has 6 heteroatoms. The lowest BCUT2D eigenvalue weighted by atomic mass is 10.2. The molecule has 3 rings (SSSR count). The summed E-state index contributed by atoms with van der Waals surface area (Å²) in [7, 11) is 0. The van der Waals surface area contributed by atoms with E-state index in [1.807, 2.05) is 36.4 Å². The predicted octanol–water partition coefficient (Wildman–Crippen LogP) is 3.90. The van der Waals surface area contributed by atoms with Crippen LogP contribution in [0.15, 0.2) is 48.8 Å². The molecular formula is C18H19NO3S2. The molecule has 1 aliphatic heterocycles. The molecule has 0 amide bonds. The van der Waals surface area contributed by atoms with E-state index in [2.05, 4.69) is 4.98 Å². The Morgan fingerprint density at radius 2 is 1.88 bits per heavy atom. The van der Waals surface area contributed by atoms with Gasteiger partial charge in [0.2, 0.25) is 0 Å². The maximum Gasteiger partial charge on any atom is 0.329 e. The lowest BCUT2D eigenvalue weighted by Gasteiger charge is -2.19. The maximum absolute atomic E-state index is 12.0. The van der Waals surface area contributed by atoms with Crippen LogP contribution in [0.25, 0.3) is 0 Å². The number of thioether (sulfide) groups is 2. The average molecular weight is 361 g/mol. The Morgan fingerprint density at radius 1 is 1.08 bits per heavy atom. The summed E-state index contributed by atoms with van der Waals surface area (Å²) in [6.07, 6.45) is 4.69. The third-order valence-electron chi connectivity index (χ3n) is 3.45. The molecule has 24 heavy (non-hydrogen) atoms. The van der Waals surface area contributed by atoms with Crippen LogP contribution in [-0.2, 0) is 22.7 Å². The first-order valence-electron chi connectivity index (χ1n) is 7.82. The summed E-state index contributed by atoms with van der Waals surface area (Å²) in [4.78, 5) is 16.1. The molecule has 0 saturated carbocycles. The van der Waals surface area contributed by atoms with Crippen molar-refractivity contribution < 1.29 is 14.3 Å². The molecule has 0 unspecified atom stereocenters. The second kappa shape index (κ2) is 8.99. The quantitative estimate of drug-likeness (QED) is 0.727. The lowest BCUT2D eigenvalue weighted by molar-refractivity contribution is -0.142. The Balaban J connectivity index is 1.45. The van der Waals surface area contributed by atoms with Gasteiger partial charge in [0.15, 0.2) is 0 Å². The van der Waals surface area contributed by atoms with Gasteiger partial charge < -0.3 is 9.47 Å². The van der Waals surface area contributed by atoms with Crippen molar-refractivity contribution in [2.24, 2.45) is 0 Å². The molecule has 0 spiro atoms. The molecule has 2 aromatic rings. The highest BCUT2D eigenvalue weighted by Gasteiger charge is 2.23. The van der Waals surface area contributed by atoms with Crippen molar-refractivity contribution in [2.45, 2.75) is 24.2 Å². The molecule has 1 aromatic carbocycles. The van der Waals surface area contributed by atoms with E-state index in [1.54, 1.807) is 35.9 Å². The van der Waals surface area contributed by atoms with Gasteiger partial charge in [0.1, 0.15) is 23.5 Å². The summed E-state index contributed by atoms with van der Waals surface area (Å²) in [6.45, 7) is 0.789. The molecule has 0 aliphatic carbocycles. The molecule has 1 saturated heterocycles. The van der Waals surface area contributed by atoms with Crippen LogP contribution in [0.3, 0.4) is 0 Å². The highest BCUT2D eigenvalue weighted by Crippen LogP contribution is 2.31. The standard InChI is InChI=1S/C18H19NO3S2/c20-17(18-23-9-2-10-24-18)22-12-14-4-6-16(7-5-14)21-13-15-3-1-8-19-11-15/h1,3-8,11,18H,2,9-10,12-13H2. The Bertz CT molecular complexity index is 643. The molecule has 0 atom stereocenters. The molecule has 1 aliphatic rings. The van der Waals surface area contributed by atoms with Gasteiger partial charge in [-0.2, -0.15) is 0 Å². The molecule has 1 aromatic heterocycles. The fourth-order valence-electron chi connectivity index (χ4n) is 2.18. The molecule has 0 N–H and O–H groups in total. The van der Waals surface area contributed by atoms with E-state index in [1.165, 1.54) is 6.42 Å². The van der Waals surface area contributed by atoms with Crippen LogP contribution < -0.4 is 4.74 Å². The highest BCUT2D eigenvalue weighted by molar-refractivity contribution is 8.18.